The first-order chi connectivity index (χ1) is 51.8. The third kappa shape index (κ3) is 7.21. The highest BCUT2D eigenvalue weighted by atomic mass is 16.1. The lowest BCUT2D eigenvalue weighted by Crippen LogP contribution is -2.52. The molecule has 4 heterocycles. The van der Waals surface area contributed by atoms with Gasteiger partial charge in [-0.05, 0) is 75.6 Å². The first-order valence-corrected chi connectivity index (χ1v) is 22.2. The number of aromatic nitrogens is 6. The maximum absolute atomic E-state index is 12.8. The second-order valence-electron chi connectivity index (χ2n) is 18.4. The van der Waals surface area contributed by atoms with E-state index in [1.54, 1.807) is 12.4 Å². The largest absolute Gasteiger partial charge is 0.308 e. The number of carbonyl (C=O) groups is 2. The summed E-state index contributed by atoms with van der Waals surface area (Å²) >= 11 is 0. The van der Waals surface area contributed by atoms with Gasteiger partial charge in [0.2, 0.25) is 11.5 Å². The van der Waals surface area contributed by atoms with E-state index in [0.717, 1.165) is 93.2 Å². The van der Waals surface area contributed by atoms with Crippen LogP contribution in [0.15, 0.2) is 109 Å². The fourth-order valence-electron chi connectivity index (χ4n) is 11.2. The molecule has 0 spiro atoms. The highest BCUT2D eigenvalue weighted by Gasteiger charge is 2.56. The van der Waals surface area contributed by atoms with Gasteiger partial charge in [-0.1, -0.05) is 94.4 Å². The van der Waals surface area contributed by atoms with Crippen LogP contribution < -0.4 is 0 Å². The van der Waals surface area contributed by atoms with Crippen LogP contribution in [0, 0.1) is 50.7 Å². The number of benzene rings is 2. The number of nitrogens with zero attached hydrogens (tertiary/aromatic N) is 8. The summed E-state index contributed by atoms with van der Waals surface area (Å²) in [6.07, 6.45) is 9.40. The van der Waals surface area contributed by atoms with Crippen molar-refractivity contribution in [2.45, 2.75) is 90.5 Å². The van der Waals surface area contributed by atoms with Gasteiger partial charge in [-0.15, -0.1) is 0 Å². The average Bonchev–Trinajstić information content (AvgIpc) is 0.730. The predicted molar refractivity (Wildman–Crippen MR) is 294 cm³/mol. The molecule has 0 N–H and O–H groups in total. The topological polar surface area (TPSA) is 120 Å². The van der Waals surface area contributed by atoms with Crippen LogP contribution in [0.3, 0.4) is 0 Å². The molecule has 2 aromatic carbocycles. The summed E-state index contributed by atoms with van der Waals surface area (Å²) in [5, 5.41) is 0. The molecule has 0 amide bonds. The molecule has 362 valence electrons. The summed E-state index contributed by atoms with van der Waals surface area (Å²) in [5.41, 5.74) is 11.3. The minimum atomic E-state index is -0.598. The molecule has 10 nitrogen and oxygen atoms in total. The van der Waals surface area contributed by atoms with Crippen molar-refractivity contribution in [1.29, 1.82) is 0 Å². The van der Waals surface area contributed by atoms with Gasteiger partial charge in [0.15, 0.2) is 17.4 Å². The minimum absolute atomic E-state index is 0. The van der Waals surface area contributed by atoms with Crippen molar-refractivity contribution in [3.63, 3.8) is 0 Å². The van der Waals surface area contributed by atoms with E-state index < -0.39 is 11.5 Å². The van der Waals surface area contributed by atoms with E-state index in [0.29, 0.717) is 18.1 Å². The Hall–Kier alpha value is -7.04. The van der Waals surface area contributed by atoms with Crippen molar-refractivity contribution in [1.82, 2.24) is 29.9 Å². The number of pyridine rings is 2. The van der Waals surface area contributed by atoms with E-state index in [2.05, 4.69) is 57.8 Å². The molecule has 0 radical (unpaired) electrons. The summed E-state index contributed by atoms with van der Waals surface area (Å²) in [4.78, 5) is 61.8. The zero-order valence-corrected chi connectivity index (χ0v) is 37.1. The lowest BCUT2D eigenvalue weighted by Gasteiger charge is -2.47. The number of fused-ring (bicyclic) bond motifs is 6. The Morgan fingerprint density at radius 1 is 0.672 bits per heavy atom. The number of allylic oxidation sites excluding steroid dienone is 2. The van der Waals surface area contributed by atoms with Crippen molar-refractivity contribution in [2.24, 2.45) is 23.7 Å². The van der Waals surface area contributed by atoms with Crippen LogP contribution in [0.4, 0.5) is 0 Å². The molecular formula is C54H94N8O2. The van der Waals surface area contributed by atoms with Crippen molar-refractivity contribution in [3.05, 3.63) is 166 Å². The van der Waals surface area contributed by atoms with Crippen LogP contribution in [-0.2, 0) is 33.3 Å². The van der Waals surface area contributed by atoms with Crippen LogP contribution in [0.25, 0.3) is 55.0 Å². The molecule has 0 saturated heterocycles. The van der Waals surface area contributed by atoms with Crippen LogP contribution in [0.1, 0.15) is 145 Å². The Balaban J connectivity index is -0.0000000899. The standard InChI is InChI=1S/C27H26N4O.C27H24N4O.22H2/c2*1-16-14-19(12-13-29-16)26-30-23(18-8-6-5-7-9-18)20-10-11-21-17(2)24(32)22(28-4)15-27(21,3)25(20)31-26;;;;;;;;;;;;;;;;;;;;;;/h5-9,12-14,17,21-22H,10-11,15H2,1-3H3;5-9,12-15,17,21H,10-11H2,1-3H3;22*1H/t17-,21-,22?,27-;17-,21-,27-;;;;;;;;;;;;;;;;;;;;;;/m11....................../s1/i;;21*1+2T;1+2. The summed E-state index contributed by atoms with van der Waals surface area (Å²) in [5.74, 6) is 1.33. The first kappa shape index (κ1) is 24.1. The van der Waals surface area contributed by atoms with E-state index in [9.17, 15) is 9.59 Å². The van der Waals surface area contributed by atoms with Gasteiger partial charge in [-0.2, -0.15) is 0 Å². The fraction of sp³-hybridized carbons (Fsp3) is 0.333. The summed E-state index contributed by atoms with van der Waals surface area (Å²) in [6, 6.07) is 27.7. The van der Waals surface area contributed by atoms with Gasteiger partial charge in [0, 0.05) is 150 Å². The summed E-state index contributed by atoms with van der Waals surface area (Å²) in [7, 11) is 0. The maximum Gasteiger partial charge on any atom is 0.282 e. The van der Waals surface area contributed by atoms with E-state index in [1.807, 2.05) is 94.4 Å². The first-order valence-electron chi connectivity index (χ1n) is 43.2. The number of ketones is 2. The molecule has 10 rings (SSSR count). The van der Waals surface area contributed by atoms with Gasteiger partial charge in [0.1, 0.15) is 0 Å². The average molecular weight is 974 g/mol. The van der Waals surface area contributed by atoms with Crippen molar-refractivity contribution < 1.29 is 73.4 Å². The molecule has 0 aliphatic heterocycles. The van der Waals surface area contributed by atoms with Crippen LogP contribution in [-0.4, -0.2) is 47.5 Å². The fourth-order valence-corrected chi connectivity index (χ4v) is 11.2. The van der Waals surface area contributed by atoms with Gasteiger partial charge in [-0.3, -0.25) is 14.8 Å². The molecule has 0 bridgehead atoms. The normalized spacial score (nSPS) is 28.1. The molecule has 64 heavy (non-hydrogen) atoms. The van der Waals surface area contributed by atoms with E-state index in [-0.39, 0.29) is 47.8 Å². The lowest BCUT2D eigenvalue weighted by atomic mass is 9.55. The van der Waals surface area contributed by atoms with Crippen LogP contribution in [0.5, 0.6) is 0 Å². The highest BCUT2D eigenvalue weighted by molar-refractivity contribution is 6.00. The Bertz CT molecular complexity index is 3060. The molecule has 1 fully saturated rings. The molecule has 1 unspecified atom stereocenters. The van der Waals surface area contributed by atoms with Crippen LogP contribution in [0.2, 0.25) is 0 Å². The van der Waals surface area contributed by atoms with Gasteiger partial charge in [-0.25, -0.2) is 31.4 Å². The predicted octanol–water partition coefficient (Wildman–Crippen LogP) is 16.0. The quantitative estimate of drug-likeness (QED) is 0.160. The SMILES string of the molecule is [3HH].[3H][3H].[3H][3H].[3H][3H].[3H][3H].[3H][3H].[3H][3H].[3H][3H].[3H][3H].[3H][3H].[3H][3H].[3H][3H].[3H][3H].[3H][3H].[3H][3H].[3H][3H].[3H][3H].[3H][3H].[3H][3H].[3H][3H].[3H][3H].[3H][3H].[C-]#[N+]C1=C[C@@]2(C)c3nc(-c4ccnc(C)c4)nc(-c4ccccc4)c3CC[C@@H]2[C@@H](C)C1=O.[C-]#[N+]C1C[C@@]2(C)c3nc(-c4ccnc(C)c4)nc(-c4ccccc4)c3CC[C@@H]2[C@@H](C)C1=O. The molecular weight excluding hydrogens is 793 g/mol. The molecule has 4 aromatic heterocycles. The second kappa shape index (κ2) is 16.6. The number of hydrogen-bond donors (Lipinski definition) is 0. The monoisotopic (exact) mass is 973 g/mol. The summed E-state index contributed by atoms with van der Waals surface area (Å²) in [6.45, 7) is 27.4. The van der Waals surface area contributed by atoms with Gasteiger partial charge in [0.25, 0.3) is 6.04 Å². The molecule has 4 aliphatic rings. The molecule has 1 saturated carbocycles. The molecule has 7 atom stereocenters. The smallest absolute Gasteiger partial charge is 0.282 e. The second-order valence-corrected chi connectivity index (χ2v) is 18.4. The zero-order valence-electron chi connectivity index (χ0n) is 79.1. The Morgan fingerprint density at radius 2 is 1.19 bits per heavy atom. The molecule has 6 aromatic rings. The zero-order chi connectivity index (χ0) is 86.9. The molecule has 4 aliphatic carbocycles. The van der Waals surface area contributed by atoms with E-state index >= 15 is 0 Å². The Kier molecular flexibility index (Phi) is 6.25. The number of Topliss-reactive ketones (excluding diaryl/α,β-unsaturated/α-hetero) is 2. The Morgan fingerprint density at radius 3 is 1.70 bits per heavy atom. The third-order valence-electron chi connectivity index (χ3n) is 14.4. The number of carbonyl (C=O) groups excluding carboxylic acids is 2. The van der Waals surface area contributed by atoms with Gasteiger partial charge < -0.3 is 9.64 Å². The van der Waals surface area contributed by atoms with Gasteiger partial charge >= 0.3 is 0 Å². The minimum Gasteiger partial charge on any atom is -0.308 e. The van der Waals surface area contributed by atoms with Crippen molar-refractivity contribution in [3.8, 4) is 45.3 Å². The van der Waals surface area contributed by atoms with E-state index in [4.69, 9.17) is 95.4 Å². The number of hydrogen-bond acceptors (Lipinski definition) is 8. The lowest BCUT2D eigenvalue weighted by molar-refractivity contribution is -0.129. The van der Waals surface area contributed by atoms with Crippen LogP contribution >= 0.6 is 0 Å². The number of aryl methyl sites for hydroxylation is 2. The Labute approximate surface area is 441 Å². The van der Waals surface area contributed by atoms with Crippen molar-refractivity contribution in [2.75, 3.05) is 0 Å². The van der Waals surface area contributed by atoms with E-state index in [1.165, 1.54) is 0 Å². The highest BCUT2D eigenvalue weighted by Crippen LogP contribution is 2.53. The number of rotatable bonds is 4. The van der Waals surface area contributed by atoms with Crippen molar-refractivity contribution >= 4 is 11.6 Å². The van der Waals surface area contributed by atoms with Gasteiger partial charge in [0.05, 0.1) is 29.3 Å². The maximum atomic E-state index is 12.8. The molecule has 10 heteroatoms. The third-order valence-corrected chi connectivity index (χ3v) is 14.4. The summed E-state index contributed by atoms with van der Waals surface area (Å²) < 4.78 is 210.